The van der Waals surface area contributed by atoms with Crippen molar-refractivity contribution in [1.82, 2.24) is 4.98 Å². The summed E-state index contributed by atoms with van der Waals surface area (Å²) in [6.45, 7) is 0.407. The van der Waals surface area contributed by atoms with Gasteiger partial charge in [-0.3, -0.25) is 4.79 Å². The lowest BCUT2D eigenvalue weighted by atomic mass is 10.2. The fraction of sp³-hybridized carbons (Fsp3) is 0.0526. The van der Waals surface area contributed by atoms with Gasteiger partial charge in [-0.1, -0.05) is 42.5 Å². The Labute approximate surface area is 148 Å². The summed E-state index contributed by atoms with van der Waals surface area (Å²) in [5.41, 5.74) is 1.58. The first-order chi connectivity index (χ1) is 11.7. The first-order valence-electron chi connectivity index (χ1n) is 7.41. The molecule has 0 atom stereocenters. The largest absolute Gasteiger partial charge is 0.485 e. The van der Waals surface area contributed by atoms with Gasteiger partial charge in [0, 0.05) is 10.7 Å². The van der Waals surface area contributed by atoms with E-state index in [2.05, 4.69) is 26.2 Å². The number of carbonyl (C=O) groups is 1. The molecule has 4 nitrogen and oxygen atoms in total. The van der Waals surface area contributed by atoms with Crippen LogP contribution < -0.4 is 10.1 Å². The molecule has 1 amide bonds. The standard InChI is InChI=1S/C19H15BrN2O2/c20-16-10-5-4-9-15(16)19(23)22-18-17(11-6-12-21-18)24-13-14-7-2-1-3-8-14/h1-12H,13H2,(H,21,22,23). The van der Waals surface area contributed by atoms with Crippen molar-refractivity contribution in [3.05, 3.63) is 88.5 Å². The van der Waals surface area contributed by atoms with E-state index in [-0.39, 0.29) is 5.91 Å². The summed E-state index contributed by atoms with van der Waals surface area (Å²) in [6.07, 6.45) is 1.62. The predicted octanol–water partition coefficient (Wildman–Crippen LogP) is 4.68. The van der Waals surface area contributed by atoms with Crippen molar-refractivity contribution in [1.29, 1.82) is 0 Å². The van der Waals surface area contributed by atoms with Crippen LogP contribution in [0.2, 0.25) is 0 Å². The molecule has 0 aliphatic carbocycles. The van der Waals surface area contributed by atoms with E-state index in [9.17, 15) is 4.79 Å². The molecule has 3 aromatic rings. The summed E-state index contributed by atoms with van der Waals surface area (Å²) in [5.74, 6) is 0.682. The monoisotopic (exact) mass is 382 g/mol. The molecule has 120 valence electrons. The van der Waals surface area contributed by atoms with Crippen molar-refractivity contribution >= 4 is 27.7 Å². The molecule has 0 fully saturated rings. The molecule has 5 heteroatoms. The van der Waals surface area contributed by atoms with Gasteiger partial charge in [0.05, 0.1) is 5.56 Å². The maximum Gasteiger partial charge on any atom is 0.258 e. The Balaban J connectivity index is 1.74. The zero-order valence-electron chi connectivity index (χ0n) is 12.8. The molecule has 24 heavy (non-hydrogen) atoms. The number of ether oxygens (including phenoxy) is 1. The lowest BCUT2D eigenvalue weighted by molar-refractivity contribution is 0.102. The van der Waals surface area contributed by atoms with Gasteiger partial charge in [-0.15, -0.1) is 0 Å². The molecule has 1 heterocycles. The lowest BCUT2D eigenvalue weighted by Crippen LogP contribution is -2.14. The Morgan fingerprint density at radius 1 is 1.00 bits per heavy atom. The lowest BCUT2D eigenvalue weighted by Gasteiger charge is -2.12. The molecule has 2 aromatic carbocycles. The minimum atomic E-state index is -0.245. The third-order valence-corrected chi connectivity index (χ3v) is 4.05. The smallest absolute Gasteiger partial charge is 0.258 e. The molecule has 0 aliphatic heterocycles. The van der Waals surface area contributed by atoms with Gasteiger partial charge < -0.3 is 10.1 Å². The summed E-state index contributed by atoms with van der Waals surface area (Å²) < 4.78 is 6.53. The number of hydrogen-bond donors (Lipinski definition) is 1. The minimum absolute atomic E-state index is 0.245. The van der Waals surface area contributed by atoms with Crippen LogP contribution in [0.5, 0.6) is 5.75 Å². The zero-order valence-corrected chi connectivity index (χ0v) is 14.4. The van der Waals surface area contributed by atoms with Crippen LogP contribution in [-0.4, -0.2) is 10.9 Å². The molecular formula is C19H15BrN2O2. The molecule has 0 spiro atoms. The van der Waals surface area contributed by atoms with Crippen LogP contribution >= 0.6 is 15.9 Å². The van der Waals surface area contributed by atoms with E-state index >= 15 is 0 Å². The molecule has 3 rings (SSSR count). The van der Waals surface area contributed by atoms with Gasteiger partial charge in [0.15, 0.2) is 11.6 Å². The quantitative estimate of drug-likeness (QED) is 0.696. The number of rotatable bonds is 5. The number of carbonyl (C=O) groups excluding carboxylic acids is 1. The van der Waals surface area contributed by atoms with E-state index in [0.717, 1.165) is 10.0 Å². The molecule has 0 bridgehead atoms. The number of halogens is 1. The van der Waals surface area contributed by atoms with Crippen molar-refractivity contribution in [2.75, 3.05) is 5.32 Å². The number of nitrogens with zero attached hydrogens (tertiary/aromatic N) is 1. The summed E-state index contributed by atoms with van der Waals surface area (Å²) in [5, 5.41) is 2.80. The first kappa shape index (κ1) is 16.2. The highest BCUT2D eigenvalue weighted by Gasteiger charge is 2.13. The minimum Gasteiger partial charge on any atom is -0.485 e. The van der Waals surface area contributed by atoms with Crippen LogP contribution in [-0.2, 0) is 6.61 Å². The number of benzene rings is 2. The van der Waals surface area contributed by atoms with Gasteiger partial charge in [-0.2, -0.15) is 0 Å². The van der Waals surface area contributed by atoms with Gasteiger partial charge in [0.25, 0.3) is 5.91 Å². The van der Waals surface area contributed by atoms with Gasteiger partial charge in [0.1, 0.15) is 6.61 Å². The Bertz CT molecular complexity index is 838. The van der Waals surface area contributed by atoms with Crippen LogP contribution in [0.1, 0.15) is 15.9 Å². The van der Waals surface area contributed by atoms with E-state index in [1.54, 1.807) is 24.4 Å². The number of aromatic nitrogens is 1. The second-order valence-corrected chi connectivity index (χ2v) is 5.91. The summed E-state index contributed by atoms with van der Waals surface area (Å²) >= 11 is 3.38. The van der Waals surface area contributed by atoms with Crippen LogP contribution in [0.15, 0.2) is 77.4 Å². The molecule has 1 aromatic heterocycles. The molecule has 0 aliphatic rings. The Hall–Kier alpha value is -2.66. The maximum atomic E-state index is 12.4. The van der Waals surface area contributed by atoms with Crippen molar-refractivity contribution in [2.45, 2.75) is 6.61 Å². The van der Waals surface area contributed by atoms with E-state index in [0.29, 0.717) is 23.7 Å². The molecule has 0 radical (unpaired) electrons. The van der Waals surface area contributed by atoms with Crippen LogP contribution in [0.25, 0.3) is 0 Å². The third kappa shape index (κ3) is 4.00. The summed E-state index contributed by atoms with van der Waals surface area (Å²) in [4.78, 5) is 16.6. The third-order valence-electron chi connectivity index (χ3n) is 3.36. The second-order valence-electron chi connectivity index (χ2n) is 5.06. The van der Waals surface area contributed by atoms with E-state index in [1.807, 2.05) is 48.5 Å². The average molecular weight is 383 g/mol. The Morgan fingerprint density at radius 2 is 1.75 bits per heavy atom. The molecule has 1 N–H and O–H groups in total. The van der Waals surface area contributed by atoms with Gasteiger partial charge in [-0.05, 0) is 45.8 Å². The molecule has 0 saturated heterocycles. The van der Waals surface area contributed by atoms with Gasteiger partial charge in [-0.25, -0.2) is 4.98 Å². The second kappa shape index (κ2) is 7.75. The van der Waals surface area contributed by atoms with Crippen molar-refractivity contribution in [3.63, 3.8) is 0 Å². The molecule has 0 saturated carbocycles. The van der Waals surface area contributed by atoms with Crippen LogP contribution in [0.4, 0.5) is 5.82 Å². The van der Waals surface area contributed by atoms with E-state index in [4.69, 9.17) is 4.74 Å². The topological polar surface area (TPSA) is 51.2 Å². The Morgan fingerprint density at radius 3 is 2.54 bits per heavy atom. The zero-order chi connectivity index (χ0) is 16.8. The highest BCUT2D eigenvalue weighted by molar-refractivity contribution is 9.10. The van der Waals surface area contributed by atoms with E-state index < -0.39 is 0 Å². The number of nitrogens with one attached hydrogen (secondary N) is 1. The number of hydrogen-bond acceptors (Lipinski definition) is 3. The maximum absolute atomic E-state index is 12.4. The summed E-state index contributed by atoms with van der Waals surface area (Å²) in [6, 6.07) is 20.6. The number of anilines is 1. The van der Waals surface area contributed by atoms with E-state index in [1.165, 1.54) is 0 Å². The van der Waals surface area contributed by atoms with Crippen LogP contribution in [0.3, 0.4) is 0 Å². The fourth-order valence-electron chi connectivity index (χ4n) is 2.16. The number of amides is 1. The van der Waals surface area contributed by atoms with Crippen LogP contribution in [0, 0.1) is 0 Å². The fourth-order valence-corrected chi connectivity index (χ4v) is 2.62. The first-order valence-corrected chi connectivity index (χ1v) is 8.21. The Kier molecular flexibility index (Phi) is 5.23. The highest BCUT2D eigenvalue weighted by atomic mass is 79.9. The van der Waals surface area contributed by atoms with Crippen molar-refractivity contribution in [2.24, 2.45) is 0 Å². The van der Waals surface area contributed by atoms with Crippen molar-refractivity contribution < 1.29 is 9.53 Å². The molecule has 0 unspecified atom stereocenters. The molecular weight excluding hydrogens is 368 g/mol. The van der Waals surface area contributed by atoms with Gasteiger partial charge >= 0.3 is 0 Å². The van der Waals surface area contributed by atoms with Gasteiger partial charge in [0.2, 0.25) is 0 Å². The number of pyridine rings is 1. The average Bonchev–Trinajstić information content (AvgIpc) is 2.62. The summed E-state index contributed by atoms with van der Waals surface area (Å²) in [7, 11) is 0. The predicted molar refractivity (Wildman–Crippen MR) is 97.1 cm³/mol. The SMILES string of the molecule is O=C(Nc1ncccc1OCc1ccccc1)c1ccccc1Br. The highest BCUT2D eigenvalue weighted by Crippen LogP contribution is 2.24. The van der Waals surface area contributed by atoms with Crippen molar-refractivity contribution in [3.8, 4) is 5.75 Å². The normalized spacial score (nSPS) is 10.2.